The van der Waals surface area contributed by atoms with Crippen LogP contribution in [-0.4, -0.2) is 33.0 Å². The van der Waals surface area contributed by atoms with Crippen molar-refractivity contribution in [3.63, 3.8) is 0 Å². The van der Waals surface area contributed by atoms with Crippen LogP contribution in [0.5, 0.6) is 11.5 Å². The van der Waals surface area contributed by atoms with E-state index < -0.39 is 0 Å². The second-order valence-electron chi connectivity index (χ2n) is 5.15. The summed E-state index contributed by atoms with van der Waals surface area (Å²) in [6.07, 6.45) is 5.77. The van der Waals surface area contributed by atoms with Gasteiger partial charge in [-0.15, -0.1) is 0 Å². The first-order valence-corrected chi connectivity index (χ1v) is 7.45. The van der Waals surface area contributed by atoms with Crippen LogP contribution in [0.2, 0.25) is 0 Å². The van der Waals surface area contributed by atoms with Crippen molar-refractivity contribution in [2.24, 2.45) is 5.73 Å². The number of benzene rings is 1. The predicted octanol–water partition coefficient (Wildman–Crippen LogP) is 2.53. The Morgan fingerprint density at radius 2 is 2.25 bits per heavy atom. The molecule has 0 aliphatic carbocycles. The van der Waals surface area contributed by atoms with Crippen LogP contribution in [0.4, 0.5) is 0 Å². The Morgan fingerprint density at radius 1 is 1.35 bits per heavy atom. The summed E-state index contributed by atoms with van der Waals surface area (Å²) in [7, 11) is 1.67. The number of hydrogen-bond donors (Lipinski definition) is 1. The van der Waals surface area contributed by atoms with Crippen LogP contribution >= 0.6 is 0 Å². The molecule has 1 saturated heterocycles. The van der Waals surface area contributed by atoms with Gasteiger partial charge in [-0.3, -0.25) is 0 Å². The van der Waals surface area contributed by atoms with Crippen LogP contribution in [0.3, 0.4) is 0 Å². The summed E-state index contributed by atoms with van der Waals surface area (Å²) in [5.41, 5.74) is 6.74. The van der Waals surface area contributed by atoms with E-state index in [9.17, 15) is 0 Å². The van der Waals surface area contributed by atoms with E-state index in [0.717, 1.165) is 37.4 Å². The van der Waals surface area contributed by atoms with E-state index in [4.69, 9.17) is 19.9 Å². The van der Waals surface area contributed by atoms with Gasteiger partial charge in [0.15, 0.2) is 11.5 Å². The highest BCUT2D eigenvalue weighted by Crippen LogP contribution is 2.28. The summed E-state index contributed by atoms with van der Waals surface area (Å²) in [6.45, 7) is 2.26. The zero-order chi connectivity index (χ0) is 14.2. The monoisotopic (exact) mass is 279 g/mol. The highest BCUT2D eigenvalue weighted by atomic mass is 16.5. The molecule has 1 atom stereocenters. The molecule has 0 saturated carbocycles. The minimum Gasteiger partial charge on any atom is -0.493 e. The van der Waals surface area contributed by atoms with Gasteiger partial charge in [0, 0.05) is 6.61 Å². The van der Waals surface area contributed by atoms with Crippen molar-refractivity contribution >= 4 is 0 Å². The lowest BCUT2D eigenvalue weighted by Crippen LogP contribution is -2.08. The summed E-state index contributed by atoms with van der Waals surface area (Å²) < 4.78 is 16.8. The molecule has 0 radical (unpaired) electrons. The third kappa shape index (κ3) is 4.39. The SMILES string of the molecule is COc1cc(CCN)ccc1OCCCC1CCCO1. The predicted molar refractivity (Wildman–Crippen MR) is 79.5 cm³/mol. The van der Waals surface area contributed by atoms with Crippen molar-refractivity contribution in [3.05, 3.63) is 23.8 Å². The second-order valence-corrected chi connectivity index (χ2v) is 5.15. The maximum absolute atomic E-state index is 5.81. The van der Waals surface area contributed by atoms with Gasteiger partial charge in [0.1, 0.15) is 0 Å². The Balaban J connectivity index is 1.79. The molecule has 0 spiro atoms. The molecule has 112 valence electrons. The number of nitrogens with two attached hydrogens (primary N) is 1. The highest BCUT2D eigenvalue weighted by molar-refractivity contribution is 5.43. The minimum absolute atomic E-state index is 0.437. The van der Waals surface area contributed by atoms with Crippen LogP contribution in [0, 0.1) is 0 Å². The maximum Gasteiger partial charge on any atom is 0.161 e. The van der Waals surface area contributed by atoms with Crippen LogP contribution in [-0.2, 0) is 11.2 Å². The van der Waals surface area contributed by atoms with Gasteiger partial charge in [0.05, 0.1) is 19.8 Å². The molecule has 1 aromatic rings. The van der Waals surface area contributed by atoms with Crippen molar-refractivity contribution in [2.45, 2.75) is 38.2 Å². The normalized spacial score (nSPS) is 18.2. The van der Waals surface area contributed by atoms with Gasteiger partial charge in [-0.05, 0) is 56.3 Å². The van der Waals surface area contributed by atoms with E-state index in [1.54, 1.807) is 7.11 Å². The van der Waals surface area contributed by atoms with Crippen LogP contribution in [0.15, 0.2) is 18.2 Å². The lowest BCUT2D eigenvalue weighted by Gasteiger charge is -2.13. The Labute approximate surface area is 121 Å². The smallest absolute Gasteiger partial charge is 0.161 e. The molecule has 0 bridgehead atoms. The van der Waals surface area contributed by atoms with Crippen LogP contribution in [0.1, 0.15) is 31.2 Å². The molecule has 2 rings (SSSR count). The average molecular weight is 279 g/mol. The molecule has 1 aromatic carbocycles. The molecule has 20 heavy (non-hydrogen) atoms. The Morgan fingerprint density at radius 3 is 2.95 bits per heavy atom. The molecular formula is C16H25NO3. The fourth-order valence-corrected chi connectivity index (χ4v) is 2.52. The average Bonchev–Trinajstić information content (AvgIpc) is 2.98. The quantitative estimate of drug-likeness (QED) is 0.743. The third-order valence-electron chi connectivity index (χ3n) is 3.61. The van der Waals surface area contributed by atoms with Gasteiger partial charge < -0.3 is 19.9 Å². The molecule has 1 unspecified atom stereocenters. The van der Waals surface area contributed by atoms with Crippen molar-refractivity contribution in [1.29, 1.82) is 0 Å². The Hall–Kier alpha value is -1.26. The van der Waals surface area contributed by atoms with E-state index in [0.29, 0.717) is 19.3 Å². The summed E-state index contributed by atoms with van der Waals surface area (Å²) in [5, 5.41) is 0. The molecule has 0 amide bonds. The Kier molecular flexibility index (Phi) is 6.15. The van der Waals surface area contributed by atoms with Gasteiger partial charge in [-0.25, -0.2) is 0 Å². The van der Waals surface area contributed by atoms with E-state index in [2.05, 4.69) is 0 Å². The second kappa shape index (κ2) is 8.12. The number of hydrogen-bond acceptors (Lipinski definition) is 4. The van der Waals surface area contributed by atoms with Crippen molar-refractivity contribution < 1.29 is 14.2 Å². The molecule has 4 heteroatoms. The standard InChI is InChI=1S/C16H25NO3/c1-18-16-12-13(8-9-17)6-7-15(16)20-11-3-5-14-4-2-10-19-14/h6-7,12,14H,2-5,8-11,17H2,1H3. The molecule has 1 aliphatic rings. The summed E-state index contributed by atoms with van der Waals surface area (Å²) >= 11 is 0. The highest BCUT2D eigenvalue weighted by Gasteiger charge is 2.14. The van der Waals surface area contributed by atoms with Gasteiger partial charge >= 0.3 is 0 Å². The maximum atomic E-state index is 5.81. The van der Waals surface area contributed by atoms with E-state index in [1.165, 1.54) is 18.4 Å². The number of methoxy groups -OCH3 is 1. The zero-order valence-electron chi connectivity index (χ0n) is 12.3. The first kappa shape index (κ1) is 15.1. The minimum atomic E-state index is 0.437. The molecule has 2 N–H and O–H groups in total. The van der Waals surface area contributed by atoms with Crippen LogP contribution < -0.4 is 15.2 Å². The summed E-state index contributed by atoms with van der Waals surface area (Å²) in [5.74, 6) is 1.59. The number of rotatable bonds is 8. The fraction of sp³-hybridized carbons (Fsp3) is 0.625. The van der Waals surface area contributed by atoms with E-state index in [1.807, 2.05) is 18.2 Å². The first-order valence-electron chi connectivity index (χ1n) is 7.45. The fourth-order valence-electron chi connectivity index (χ4n) is 2.52. The molecular weight excluding hydrogens is 254 g/mol. The van der Waals surface area contributed by atoms with E-state index >= 15 is 0 Å². The molecule has 1 aliphatic heterocycles. The third-order valence-corrected chi connectivity index (χ3v) is 3.61. The van der Waals surface area contributed by atoms with Crippen molar-refractivity contribution in [3.8, 4) is 11.5 Å². The number of ether oxygens (including phenoxy) is 3. The first-order chi connectivity index (χ1) is 9.83. The van der Waals surface area contributed by atoms with E-state index in [-0.39, 0.29) is 0 Å². The molecule has 1 fully saturated rings. The van der Waals surface area contributed by atoms with Gasteiger partial charge in [-0.1, -0.05) is 6.07 Å². The van der Waals surface area contributed by atoms with Gasteiger partial charge in [0.25, 0.3) is 0 Å². The van der Waals surface area contributed by atoms with Crippen LogP contribution in [0.25, 0.3) is 0 Å². The van der Waals surface area contributed by atoms with Gasteiger partial charge in [-0.2, -0.15) is 0 Å². The summed E-state index contributed by atoms with van der Waals surface area (Å²) in [6, 6.07) is 6.02. The topological polar surface area (TPSA) is 53.7 Å². The molecule has 4 nitrogen and oxygen atoms in total. The van der Waals surface area contributed by atoms with Crippen molar-refractivity contribution in [1.82, 2.24) is 0 Å². The summed E-state index contributed by atoms with van der Waals surface area (Å²) in [4.78, 5) is 0. The largest absolute Gasteiger partial charge is 0.493 e. The Bertz CT molecular complexity index is 403. The zero-order valence-corrected chi connectivity index (χ0v) is 12.3. The van der Waals surface area contributed by atoms with Crippen molar-refractivity contribution in [2.75, 3.05) is 26.9 Å². The molecule has 0 aromatic heterocycles. The lowest BCUT2D eigenvalue weighted by atomic mass is 10.1. The molecule has 1 heterocycles. The lowest BCUT2D eigenvalue weighted by molar-refractivity contribution is 0.0980. The van der Waals surface area contributed by atoms with Gasteiger partial charge in [0.2, 0.25) is 0 Å².